The highest BCUT2D eigenvalue weighted by atomic mass is 32.2. The van der Waals surface area contributed by atoms with E-state index in [9.17, 15) is 0 Å². The summed E-state index contributed by atoms with van der Waals surface area (Å²) in [6.07, 6.45) is 10.1. The lowest BCUT2D eigenvalue weighted by molar-refractivity contribution is 0.170. The van der Waals surface area contributed by atoms with Crippen LogP contribution < -0.4 is 18.9 Å². The van der Waals surface area contributed by atoms with E-state index >= 15 is 0 Å². The zero-order chi connectivity index (χ0) is 33.0. The largest absolute Gasteiger partial charge is 0.485 e. The smallest absolute Gasteiger partial charge is 0.186 e. The molecule has 5 aromatic rings. The fourth-order valence-electron chi connectivity index (χ4n) is 6.65. The van der Waals surface area contributed by atoms with Gasteiger partial charge in [0.05, 0.1) is 9.75 Å². The zero-order valence-corrected chi connectivity index (χ0v) is 33.3. The van der Waals surface area contributed by atoms with Crippen molar-refractivity contribution >= 4 is 89.0 Å². The molecule has 10 heteroatoms. The van der Waals surface area contributed by atoms with Crippen LogP contribution in [-0.2, 0) is 0 Å². The third-order valence-electron chi connectivity index (χ3n) is 9.50. The van der Waals surface area contributed by atoms with Crippen LogP contribution in [0.2, 0.25) is 0 Å². The maximum absolute atomic E-state index is 6.45. The molecule has 2 unspecified atom stereocenters. The Balaban J connectivity index is 1.31. The van der Waals surface area contributed by atoms with Gasteiger partial charge in [0.2, 0.25) is 0 Å². The van der Waals surface area contributed by atoms with Gasteiger partial charge in [0, 0.05) is 42.8 Å². The van der Waals surface area contributed by atoms with E-state index in [0.717, 1.165) is 46.3 Å². The van der Waals surface area contributed by atoms with E-state index in [2.05, 4.69) is 50.6 Å². The van der Waals surface area contributed by atoms with Gasteiger partial charge in [-0.05, 0) is 47.6 Å². The summed E-state index contributed by atoms with van der Waals surface area (Å²) in [5, 5.41) is 7.07. The Bertz CT molecular complexity index is 1650. The van der Waals surface area contributed by atoms with Gasteiger partial charge in [-0.1, -0.05) is 66.2 Å². The van der Waals surface area contributed by atoms with Gasteiger partial charge >= 0.3 is 0 Å². The van der Waals surface area contributed by atoms with Gasteiger partial charge in [-0.15, -0.1) is 68.9 Å². The van der Waals surface area contributed by atoms with Gasteiger partial charge < -0.3 is 18.9 Å². The van der Waals surface area contributed by atoms with Crippen molar-refractivity contribution in [3.05, 3.63) is 22.9 Å². The second-order valence-electron chi connectivity index (χ2n) is 12.7. The predicted octanol–water partition coefficient (Wildman–Crippen LogP) is 13.7. The molecule has 4 nitrogen and oxygen atoms in total. The molecule has 2 aliphatic heterocycles. The number of thiophene rings is 4. The van der Waals surface area contributed by atoms with Crippen molar-refractivity contribution in [2.45, 2.75) is 87.5 Å². The molecule has 258 valence electrons. The van der Waals surface area contributed by atoms with Gasteiger partial charge in [0.15, 0.2) is 23.0 Å². The molecule has 0 bridgehead atoms. The first-order chi connectivity index (χ1) is 23.7. The van der Waals surface area contributed by atoms with Crippen LogP contribution in [0.3, 0.4) is 0 Å². The number of rotatable bonds is 16. The zero-order valence-electron chi connectivity index (χ0n) is 28.4. The number of hydrogen-bond donors (Lipinski definition) is 0. The molecular weight excluding hydrogens is 713 g/mol. The molecule has 2 aliphatic rings. The Morgan fingerprint density at radius 1 is 0.604 bits per heavy atom. The SMILES string of the molecule is CCCCC(CC)CSc1sc(-c2c3ccsc3c(-c3sc(SCC(CC)CCCC)c4c3OCCO4)c3ccsc23)c2c1OCCO2. The number of unbranched alkanes of at least 4 members (excludes halogenated alkanes) is 2. The Morgan fingerprint density at radius 3 is 1.42 bits per heavy atom. The van der Waals surface area contributed by atoms with Gasteiger partial charge in [-0.25, -0.2) is 0 Å². The minimum absolute atomic E-state index is 0.587. The van der Waals surface area contributed by atoms with Crippen molar-refractivity contribution in [1.82, 2.24) is 0 Å². The van der Waals surface area contributed by atoms with Crippen LogP contribution in [0, 0.1) is 11.8 Å². The number of ether oxygens (including phenoxy) is 4. The number of thioether (sulfide) groups is 2. The number of hydrogen-bond acceptors (Lipinski definition) is 10. The summed E-state index contributed by atoms with van der Waals surface area (Å²) in [7, 11) is 0. The van der Waals surface area contributed by atoms with Crippen molar-refractivity contribution < 1.29 is 18.9 Å². The van der Waals surface area contributed by atoms with Gasteiger partial charge in [0.25, 0.3) is 0 Å². The normalized spacial score (nSPS) is 15.4. The van der Waals surface area contributed by atoms with Crippen LogP contribution >= 0.6 is 68.9 Å². The standard InChI is InChI=1S/C38H46O4S6/c1-5-9-11-23(7-3)21-45-37-31-29(39-15-17-41-31)35(47-37)27-25-13-19-44-34(25)28(26-14-20-43-33(26)27)36-30-32(42-18-16-40-30)38(48-36)46-22-24(8-4)12-10-6-2/h13-14,19-20,23-24H,5-12,15-18,21-22H2,1-4H3. The predicted molar refractivity (Wildman–Crippen MR) is 214 cm³/mol. The Hall–Kier alpha value is -1.56. The molecule has 7 rings (SSSR count). The van der Waals surface area contributed by atoms with Crippen molar-refractivity contribution in [2.75, 3.05) is 37.9 Å². The van der Waals surface area contributed by atoms with E-state index in [4.69, 9.17) is 18.9 Å². The van der Waals surface area contributed by atoms with Crippen LogP contribution in [0.1, 0.15) is 79.1 Å². The van der Waals surface area contributed by atoms with Crippen LogP contribution in [0.15, 0.2) is 31.3 Å². The highest BCUT2D eigenvalue weighted by molar-refractivity contribution is 8.01. The molecule has 0 fully saturated rings. The molecular formula is C38H46O4S6. The summed E-state index contributed by atoms with van der Waals surface area (Å²) < 4.78 is 30.8. The van der Waals surface area contributed by atoms with Crippen molar-refractivity contribution in [3.8, 4) is 43.9 Å². The Labute approximate surface area is 309 Å². The van der Waals surface area contributed by atoms with Crippen LogP contribution in [0.5, 0.6) is 23.0 Å². The van der Waals surface area contributed by atoms with Crippen molar-refractivity contribution in [1.29, 1.82) is 0 Å². The molecule has 0 radical (unpaired) electrons. The highest BCUT2D eigenvalue weighted by Gasteiger charge is 2.33. The lowest BCUT2D eigenvalue weighted by Gasteiger charge is -2.19. The van der Waals surface area contributed by atoms with Crippen LogP contribution in [0.4, 0.5) is 0 Å². The second-order valence-corrected chi connectivity index (χ2v) is 19.1. The quantitative estimate of drug-likeness (QED) is 0.0933. The van der Waals surface area contributed by atoms with Gasteiger partial charge in [-0.2, -0.15) is 0 Å². The third-order valence-corrected chi connectivity index (χ3v) is 16.7. The lowest BCUT2D eigenvalue weighted by Crippen LogP contribution is -2.15. The molecule has 0 saturated heterocycles. The molecule has 2 atom stereocenters. The van der Waals surface area contributed by atoms with E-state index in [1.54, 1.807) is 0 Å². The summed E-state index contributed by atoms with van der Waals surface area (Å²) >= 11 is 11.3. The summed E-state index contributed by atoms with van der Waals surface area (Å²) in [4.78, 5) is 2.41. The van der Waals surface area contributed by atoms with E-state index in [1.165, 1.54) is 101 Å². The van der Waals surface area contributed by atoms with Crippen molar-refractivity contribution in [2.24, 2.45) is 11.8 Å². The molecule has 48 heavy (non-hydrogen) atoms. The monoisotopic (exact) mass is 758 g/mol. The second kappa shape index (κ2) is 16.2. The maximum Gasteiger partial charge on any atom is 0.186 e. The number of benzene rings is 1. The summed E-state index contributed by atoms with van der Waals surface area (Å²) in [5.41, 5.74) is 2.58. The first-order valence-corrected chi connectivity index (χ1v) is 23.0. The molecule has 4 aromatic heterocycles. The average Bonchev–Trinajstić information content (AvgIpc) is 3.94. The minimum atomic E-state index is 0.587. The van der Waals surface area contributed by atoms with Crippen LogP contribution in [-0.4, -0.2) is 37.9 Å². The molecule has 0 saturated carbocycles. The molecule has 0 aliphatic carbocycles. The Morgan fingerprint density at radius 2 is 1.02 bits per heavy atom. The average molecular weight is 759 g/mol. The first kappa shape index (κ1) is 34.9. The van der Waals surface area contributed by atoms with Crippen molar-refractivity contribution in [3.63, 3.8) is 0 Å². The van der Waals surface area contributed by atoms with E-state index in [-0.39, 0.29) is 0 Å². The topological polar surface area (TPSA) is 36.9 Å². The van der Waals surface area contributed by atoms with Crippen LogP contribution in [0.25, 0.3) is 41.1 Å². The van der Waals surface area contributed by atoms with Gasteiger partial charge in [-0.3, -0.25) is 0 Å². The number of fused-ring (bicyclic) bond motifs is 4. The molecule has 6 heterocycles. The van der Waals surface area contributed by atoms with E-state index in [1.807, 2.05) is 68.9 Å². The third kappa shape index (κ3) is 6.88. The van der Waals surface area contributed by atoms with Gasteiger partial charge in [0.1, 0.15) is 34.8 Å². The molecule has 0 spiro atoms. The summed E-state index contributed by atoms with van der Waals surface area (Å²) in [6, 6.07) is 4.62. The summed E-state index contributed by atoms with van der Waals surface area (Å²) in [5.74, 6) is 7.47. The lowest BCUT2D eigenvalue weighted by atomic mass is 9.99. The maximum atomic E-state index is 6.45. The van der Waals surface area contributed by atoms with E-state index < -0.39 is 0 Å². The summed E-state index contributed by atoms with van der Waals surface area (Å²) in [6.45, 7) is 11.6. The molecule has 0 N–H and O–H groups in total. The molecule has 1 aromatic carbocycles. The minimum Gasteiger partial charge on any atom is -0.485 e. The van der Waals surface area contributed by atoms with E-state index in [0.29, 0.717) is 26.4 Å². The Kier molecular flexibility index (Phi) is 11.8. The molecule has 0 amide bonds. The highest BCUT2D eigenvalue weighted by Crippen LogP contribution is 2.61. The fraction of sp³-hybridized carbons (Fsp3) is 0.526. The fourth-order valence-corrected chi connectivity index (χ4v) is 14.2. The first-order valence-electron chi connectivity index (χ1n) is 17.7.